The third-order valence-electron chi connectivity index (χ3n) is 6.96. The fourth-order valence-corrected chi connectivity index (χ4v) is 4.70. The van der Waals surface area contributed by atoms with E-state index in [0.717, 1.165) is 5.56 Å². The first-order valence-electron chi connectivity index (χ1n) is 13.2. The Bertz CT molecular complexity index is 1620. The highest BCUT2D eigenvalue weighted by Gasteiger charge is 2.41. The predicted molar refractivity (Wildman–Crippen MR) is 147 cm³/mol. The molecule has 1 amide bonds. The van der Waals surface area contributed by atoms with E-state index in [4.69, 9.17) is 14.0 Å². The number of nitrogens with one attached hydrogen (secondary N) is 1. The van der Waals surface area contributed by atoms with E-state index in [9.17, 15) is 9.18 Å². The van der Waals surface area contributed by atoms with Gasteiger partial charge in [0.25, 0.3) is 5.91 Å². The molecule has 5 aromatic rings. The van der Waals surface area contributed by atoms with E-state index < -0.39 is 5.60 Å². The Morgan fingerprint density at radius 2 is 1.83 bits per heavy atom. The lowest BCUT2D eigenvalue weighted by atomic mass is 9.92. The van der Waals surface area contributed by atoms with Crippen molar-refractivity contribution in [3.63, 3.8) is 0 Å². The SMILES string of the molecule is O=C(Nc1ccnc(-c2cc(-c3ccon3)n(Cc3ccccc3F)n2)n1)C1(OCc2ccccc2)CCOCC1. The lowest BCUT2D eigenvalue weighted by Crippen LogP contribution is -2.49. The van der Waals surface area contributed by atoms with Gasteiger partial charge in [-0.3, -0.25) is 9.48 Å². The molecule has 0 bridgehead atoms. The molecule has 1 fully saturated rings. The predicted octanol–water partition coefficient (Wildman–Crippen LogP) is 4.89. The normalized spacial score (nSPS) is 14.6. The van der Waals surface area contributed by atoms with Gasteiger partial charge in [0.15, 0.2) is 11.4 Å². The molecule has 1 aliphatic rings. The number of carbonyl (C=O) groups is 1. The van der Waals surface area contributed by atoms with Crippen molar-refractivity contribution in [3.8, 4) is 22.9 Å². The Morgan fingerprint density at radius 3 is 2.61 bits per heavy atom. The van der Waals surface area contributed by atoms with Crippen LogP contribution in [0.1, 0.15) is 24.0 Å². The lowest BCUT2D eigenvalue weighted by molar-refractivity contribution is -0.158. The topological polar surface area (TPSA) is 117 Å². The fourth-order valence-electron chi connectivity index (χ4n) is 4.70. The van der Waals surface area contributed by atoms with Gasteiger partial charge in [-0.05, 0) is 23.8 Å². The van der Waals surface area contributed by atoms with Gasteiger partial charge < -0.3 is 19.3 Å². The molecule has 0 unspecified atom stereocenters. The third-order valence-corrected chi connectivity index (χ3v) is 6.96. The number of hydrogen-bond donors (Lipinski definition) is 1. The number of nitrogens with zero attached hydrogens (tertiary/aromatic N) is 5. The Morgan fingerprint density at radius 1 is 1.02 bits per heavy atom. The first-order valence-corrected chi connectivity index (χ1v) is 13.2. The number of aromatic nitrogens is 5. The van der Waals surface area contributed by atoms with Crippen molar-refractivity contribution in [3.05, 3.63) is 102 Å². The average molecular weight is 555 g/mol. The Kier molecular flexibility index (Phi) is 7.61. The maximum Gasteiger partial charge on any atom is 0.257 e. The minimum Gasteiger partial charge on any atom is -0.381 e. The smallest absolute Gasteiger partial charge is 0.257 e. The quantitative estimate of drug-likeness (QED) is 0.274. The molecule has 41 heavy (non-hydrogen) atoms. The number of anilines is 1. The molecule has 6 rings (SSSR count). The summed E-state index contributed by atoms with van der Waals surface area (Å²) < 4.78 is 32.8. The number of benzene rings is 2. The third kappa shape index (κ3) is 5.91. The summed E-state index contributed by atoms with van der Waals surface area (Å²) >= 11 is 0. The number of hydrogen-bond acceptors (Lipinski definition) is 8. The van der Waals surface area contributed by atoms with E-state index in [1.165, 1.54) is 12.3 Å². The van der Waals surface area contributed by atoms with Crippen LogP contribution in [0.5, 0.6) is 0 Å². The van der Waals surface area contributed by atoms with Crippen LogP contribution in [-0.4, -0.2) is 49.6 Å². The first kappa shape index (κ1) is 26.5. The number of halogens is 1. The maximum absolute atomic E-state index is 14.4. The molecule has 0 saturated carbocycles. The van der Waals surface area contributed by atoms with Crippen molar-refractivity contribution in [1.82, 2.24) is 24.9 Å². The highest BCUT2D eigenvalue weighted by atomic mass is 19.1. The van der Waals surface area contributed by atoms with Crippen LogP contribution in [0.15, 0.2) is 89.8 Å². The lowest BCUT2D eigenvalue weighted by Gasteiger charge is -2.35. The summed E-state index contributed by atoms with van der Waals surface area (Å²) in [4.78, 5) is 22.5. The van der Waals surface area contributed by atoms with Crippen LogP contribution in [0.25, 0.3) is 22.9 Å². The van der Waals surface area contributed by atoms with E-state index in [0.29, 0.717) is 61.1 Å². The average Bonchev–Trinajstić information content (AvgIpc) is 3.69. The first-order chi connectivity index (χ1) is 20.1. The van der Waals surface area contributed by atoms with Gasteiger partial charge in [0.05, 0.1) is 18.8 Å². The second-order valence-electron chi connectivity index (χ2n) is 9.65. The molecule has 1 saturated heterocycles. The molecule has 2 aromatic carbocycles. The molecule has 0 aliphatic carbocycles. The van der Waals surface area contributed by atoms with E-state index in [-0.39, 0.29) is 24.1 Å². The molecule has 4 heterocycles. The molecule has 10 nitrogen and oxygen atoms in total. The second-order valence-corrected chi connectivity index (χ2v) is 9.65. The molecular formula is C30H27FN6O4. The van der Waals surface area contributed by atoms with Crippen LogP contribution in [-0.2, 0) is 27.4 Å². The Labute approximate surface area is 235 Å². The summed E-state index contributed by atoms with van der Waals surface area (Å²) in [7, 11) is 0. The molecule has 1 aliphatic heterocycles. The minimum absolute atomic E-state index is 0.161. The van der Waals surface area contributed by atoms with Crippen LogP contribution in [0.3, 0.4) is 0 Å². The van der Waals surface area contributed by atoms with Gasteiger partial charge in [0, 0.05) is 43.9 Å². The Hall–Kier alpha value is -4.74. The number of ether oxygens (including phenoxy) is 2. The van der Waals surface area contributed by atoms with E-state index in [1.807, 2.05) is 30.3 Å². The molecule has 208 valence electrons. The van der Waals surface area contributed by atoms with Gasteiger partial charge >= 0.3 is 0 Å². The summed E-state index contributed by atoms with van der Waals surface area (Å²) in [6.07, 6.45) is 3.84. The van der Waals surface area contributed by atoms with Crippen molar-refractivity contribution in [2.24, 2.45) is 0 Å². The van der Waals surface area contributed by atoms with Crippen LogP contribution < -0.4 is 5.32 Å². The molecule has 0 radical (unpaired) electrons. The molecule has 1 N–H and O–H groups in total. The van der Waals surface area contributed by atoms with E-state index >= 15 is 0 Å². The highest BCUT2D eigenvalue weighted by molar-refractivity contribution is 5.96. The van der Waals surface area contributed by atoms with Gasteiger partial charge in [-0.1, -0.05) is 53.7 Å². The monoisotopic (exact) mass is 554 g/mol. The highest BCUT2D eigenvalue weighted by Crippen LogP contribution is 2.29. The zero-order chi connectivity index (χ0) is 28.1. The molecule has 11 heteroatoms. The van der Waals surface area contributed by atoms with Crippen molar-refractivity contribution in [1.29, 1.82) is 0 Å². The van der Waals surface area contributed by atoms with Crippen molar-refractivity contribution in [2.45, 2.75) is 31.6 Å². The molecule has 0 spiro atoms. The minimum atomic E-state index is -1.05. The van der Waals surface area contributed by atoms with Crippen molar-refractivity contribution < 1.29 is 23.2 Å². The van der Waals surface area contributed by atoms with E-state index in [1.54, 1.807) is 47.3 Å². The van der Waals surface area contributed by atoms with Crippen LogP contribution in [0.4, 0.5) is 10.2 Å². The largest absolute Gasteiger partial charge is 0.381 e. The van der Waals surface area contributed by atoms with Gasteiger partial charge in [-0.15, -0.1) is 0 Å². The second kappa shape index (κ2) is 11.8. The standard InChI is InChI=1S/C30H27FN6O4/c31-23-9-5-4-8-22(23)19-37-26(24-11-15-41-36-24)18-25(35-37)28-32-14-10-27(33-28)34-29(38)30(12-16-39-17-13-30)40-20-21-6-2-1-3-7-21/h1-11,14-15,18H,12-13,16-17,19-20H2,(H,32,33,34,38). The summed E-state index contributed by atoms with van der Waals surface area (Å²) in [5, 5.41) is 11.6. The maximum atomic E-state index is 14.4. The van der Waals surface area contributed by atoms with Gasteiger partial charge in [0.2, 0.25) is 0 Å². The summed E-state index contributed by atoms with van der Waals surface area (Å²) in [5.74, 6) is -0.0465. The van der Waals surface area contributed by atoms with Crippen molar-refractivity contribution in [2.75, 3.05) is 18.5 Å². The number of rotatable bonds is 9. The molecular weight excluding hydrogens is 527 g/mol. The molecule has 3 aromatic heterocycles. The van der Waals surface area contributed by atoms with E-state index in [2.05, 4.69) is 25.5 Å². The van der Waals surface area contributed by atoms with Crippen molar-refractivity contribution >= 4 is 11.7 Å². The zero-order valence-electron chi connectivity index (χ0n) is 22.1. The molecule has 0 atom stereocenters. The fraction of sp³-hybridized carbons (Fsp3) is 0.233. The summed E-state index contributed by atoms with van der Waals surface area (Å²) in [6, 6.07) is 21.3. The summed E-state index contributed by atoms with van der Waals surface area (Å²) in [6.45, 7) is 1.30. The van der Waals surface area contributed by atoms with Crippen LogP contribution >= 0.6 is 0 Å². The summed E-state index contributed by atoms with van der Waals surface area (Å²) in [5.41, 5.74) is 1.94. The van der Waals surface area contributed by atoms with Gasteiger partial charge in [-0.2, -0.15) is 5.10 Å². The van der Waals surface area contributed by atoms with Crippen LogP contribution in [0, 0.1) is 5.82 Å². The zero-order valence-corrected chi connectivity index (χ0v) is 22.1. The Balaban J connectivity index is 1.25. The van der Waals surface area contributed by atoms with Crippen LogP contribution in [0.2, 0.25) is 0 Å². The van der Waals surface area contributed by atoms with Gasteiger partial charge in [-0.25, -0.2) is 14.4 Å². The number of carbonyl (C=O) groups excluding carboxylic acids is 1. The van der Waals surface area contributed by atoms with Gasteiger partial charge in [0.1, 0.15) is 29.3 Å². The number of amides is 1.